The summed E-state index contributed by atoms with van der Waals surface area (Å²) in [6.45, 7) is 2.44. The van der Waals surface area contributed by atoms with Gasteiger partial charge < -0.3 is 5.32 Å². The highest BCUT2D eigenvalue weighted by molar-refractivity contribution is 6.03. The van der Waals surface area contributed by atoms with Crippen LogP contribution < -0.4 is 5.32 Å². The van der Waals surface area contributed by atoms with Crippen LogP contribution >= 0.6 is 0 Å². The highest BCUT2D eigenvalue weighted by Gasteiger charge is 2.30. The van der Waals surface area contributed by atoms with E-state index in [2.05, 4.69) is 10.4 Å². The lowest BCUT2D eigenvalue weighted by atomic mass is 10.1. The molecule has 1 aromatic heterocycles. The normalized spacial score (nSPS) is 11.4. The van der Waals surface area contributed by atoms with Crippen LogP contribution in [0.3, 0.4) is 0 Å². The monoisotopic (exact) mass is 283 g/mol. The zero-order chi connectivity index (χ0) is 14.8. The summed E-state index contributed by atoms with van der Waals surface area (Å²) >= 11 is 0. The van der Waals surface area contributed by atoms with Crippen molar-refractivity contribution in [3.8, 4) is 0 Å². The second-order valence-corrected chi connectivity index (χ2v) is 4.06. The van der Waals surface area contributed by atoms with Crippen LogP contribution in [0.5, 0.6) is 0 Å². The number of aromatic nitrogens is 2. The lowest BCUT2D eigenvalue weighted by Gasteiger charge is -2.09. The maximum absolute atomic E-state index is 12.4. The van der Waals surface area contributed by atoms with Crippen LogP contribution in [0.1, 0.15) is 22.8 Å². The fourth-order valence-electron chi connectivity index (χ4n) is 1.69. The smallest absolute Gasteiger partial charge is 0.307 e. The molecule has 1 heterocycles. The van der Waals surface area contributed by atoms with Gasteiger partial charge in [0.05, 0.1) is 11.8 Å². The maximum Gasteiger partial charge on any atom is 0.416 e. The minimum Gasteiger partial charge on any atom is -0.307 e. The third-order valence-corrected chi connectivity index (χ3v) is 2.73. The predicted octanol–water partition coefficient (Wildman–Crippen LogP) is 3.17. The van der Waals surface area contributed by atoms with Crippen LogP contribution in [0, 0.1) is 0 Å². The molecule has 0 unspecified atom stereocenters. The van der Waals surface area contributed by atoms with E-state index in [-0.39, 0.29) is 5.56 Å². The van der Waals surface area contributed by atoms with Gasteiger partial charge in [-0.25, -0.2) is 4.68 Å². The lowest BCUT2D eigenvalue weighted by molar-refractivity contribution is -0.137. The van der Waals surface area contributed by atoms with Crippen LogP contribution in [0.25, 0.3) is 0 Å². The van der Waals surface area contributed by atoms with E-state index < -0.39 is 17.6 Å². The molecule has 0 aliphatic heterocycles. The van der Waals surface area contributed by atoms with E-state index in [0.29, 0.717) is 12.4 Å². The summed E-state index contributed by atoms with van der Waals surface area (Å²) in [5, 5.41) is 6.58. The molecular formula is C13H12F3N3O. The van der Waals surface area contributed by atoms with E-state index >= 15 is 0 Å². The van der Waals surface area contributed by atoms with Crippen LogP contribution in [0.4, 0.5) is 19.0 Å². The molecule has 0 aliphatic carbocycles. The number of carbonyl (C=O) groups excluding carboxylic acids is 1. The number of halogens is 3. The van der Waals surface area contributed by atoms with Crippen molar-refractivity contribution < 1.29 is 18.0 Å². The van der Waals surface area contributed by atoms with Gasteiger partial charge in [0.1, 0.15) is 5.82 Å². The Hall–Kier alpha value is -2.31. The van der Waals surface area contributed by atoms with E-state index in [1.807, 2.05) is 6.92 Å². The van der Waals surface area contributed by atoms with E-state index in [9.17, 15) is 18.0 Å². The van der Waals surface area contributed by atoms with Gasteiger partial charge in [-0.3, -0.25) is 4.79 Å². The number of benzene rings is 1. The van der Waals surface area contributed by atoms with Gasteiger partial charge in [-0.2, -0.15) is 18.3 Å². The van der Waals surface area contributed by atoms with Gasteiger partial charge in [-0.1, -0.05) is 0 Å². The Morgan fingerprint density at radius 1 is 1.25 bits per heavy atom. The molecule has 0 radical (unpaired) electrons. The summed E-state index contributed by atoms with van der Waals surface area (Å²) in [6, 6.07) is 5.67. The first-order chi connectivity index (χ1) is 9.41. The molecule has 0 spiro atoms. The van der Waals surface area contributed by atoms with E-state index in [1.54, 1.807) is 10.7 Å². The molecule has 2 aromatic rings. The number of anilines is 1. The van der Waals surface area contributed by atoms with Gasteiger partial charge in [0.2, 0.25) is 0 Å². The summed E-state index contributed by atoms with van der Waals surface area (Å²) in [7, 11) is 0. The van der Waals surface area contributed by atoms with E-state index in [0.717, 1.165) is 24.3 Å². The van der Waals surface area contributed by atoms with Crippen molar-refractivity contribution in [3.05, 3.63) is 47.7 Å². The summed E-state index contributed by atoms with van der Waals surface area (Å²) in [4.78, 5) is 11.9. The fraction of sp³-hybridized carbons (Fsp3) is 0.231. The highest BCUT2D eigenvalue weighted by Crippen LogP contribution is 2.29. The second kappa shape index (κ2) is 5.36. The molecule has 106 valence electrons. The highest BCUT2D eigenvalue weighted by atomic mass is 19.4. The zero-order valence-electron chi connectivity index (χ0n) is 10.6. The Kier molecular flexibility index (Phi) is 3.78. The molecule has 0 aliphatic rings. The van der Waals surface area contributed by atoms with Crippen molar-refractivity contribution in [1.29, 1.82) is 0 Å². The third kappa shape index (κ3) is 2.98. The first-order valence-electron chi connectivity index (χ1n) is 5.92. The number of carbonyl (C=O) groups is 1. The van der Waals surface area contributed by atoms with Crippen LogP contribution in [0.2, 0.25) is 0 Å². The molecule has 1 N–H and O–H groups in total. The van der Waals surface area contributed by atoms with E-state index in [1.165, 1.54) is 6.20 Å². The van der Waals surface area contributed by atoms with Crippen molar-refractivity contribution in [2.75, 3.05) is 5.32 Å². The average Bonchev–Trinajstić information content (AvgIpc) is 2.85. The molecule has 0 bridgehead atoms. The standard InChI is InChI=1S/C13H12F3N3O/c1-2-19-11(7-8-17-19)18-12(20)9-3-5-10(6-4-9)13(14,15)16/h3-8H,2H2,1H3,(H,18,20). The van der Waals surface area contributed by atoms with Gasteiger partial charge in [0.15, 0.2) is 0 Å². The molecule has 1 amide bonds. The number of hydrogen-bond donors (Lipinski definition) is 1. The number of hydrogen-bond acceptors (Lipinski definition) is 2. The van der Waals surface area contributed by atoms with Gasteiger partial charge in [0.25, 0.3) is 5.91 Å². The first-order valence-corrected chi connectivity index (χ1v) is 5.92. The molecule has 4 nitrogen and oxygen atoms in total. The van der Waals surface area contributed by atoms with Crippen LogP contribution in [0.15, 0.2) is 36.5 Å². The summed E-state index contributed by atoms with van der Waals surface area (Å²) < 4.78 is 38.8. The number of amides is 1. The van der Waals surface area contributed by atoms with Crippen LogP contribution in [-0.2, 0) is 12.7 Å². The molecule has 20 heavy (non-hydrogen) atoms. The zero-order valence-corrected chi connectivity index (χ0v) is 10.6. The number of alkyl halides is 3. The Morgan fingerprint density at radius 2 is 1.90 bits per heavy atom. The molecule has 2 rings (SSSR count). The van der Waals surface area contributed by atoms with Crippen molar-refractivity contribution in [1.82, 2.24) is 9.78 Å². The predicted molar refractivity (Wildman–Crippen MR) is 67.3 cm³/mol. The number of rotatable bonds is 3. The largest absolute Gasteiger partial charge is 0.416 e. The quantitative estimate of drug-likeness (QED) is 0.940. The summed E-state index contributed by atoms with van der Waals surface area (Å²) in [6.07, 6.45) is -2.87. The SMILES string of the molecule is CCn1nccc1NC(=O)c1ccc(C(F)(F)F)cc1. The number of nitrogens with zero attached hydrogens (tertiary/aromatic N) is 2. The summed E-state index contributed by atoms with van der Waals surface area (Å²) in [5.74, 6) is 0.0197. The molecule has 0 saturated heterocycles. The number of aryl methyl sites for hydroxylation is 1. The van der Waals surface area contributed by atoms with Gasteiger partial charge in [-0.15, -0.1) is 0 Å². The Morgan fingerprint density at radius 3 is 2.45 bits per heavy atom. The molecule has 7 heteroatoms. The molecule has 0 saturated carbocycles. The van der Waals surface area contributed by atoms with Gasteiger partial charge in [0, 0.05) is 18.2 Å². The molecule has 0 atom stereocenters. The van der Waals surface area contributed by atoms with Crippen molar-refractivity contribution in [3.63, 3.8) is 0 Å². The fourth-order valence-corrected chi connectivity index (χ4v) is 1.69. The molecule has 1 aromatic carbocycles. The lowest BCUT2D eigenvalue weighted by Crippen LogP contribution is -2.15. The molecule has 0 fully saturated rings. The van der Waals surface area contributed by atoms with Gasteiger partial charge >= 0.3 is 6.18 Å². The Bertz CT molecular complexity index is 602. The average molecular weight is 283 g/mol. The van der Waals surface area contributed by atoms with E-state index in [4.69, 9.17) is 0 Å². The molecular weight excluding hydrogens is 271 g/mol. The summed E-state index contributed by atoms with van der Waals surface area (Å²) in [5.41, 5.74) is -0.630. The van der Waals surface area contributed by atoms with Crippen LogP contribution in [-0.4, -0.2) is 15.7 Å². The third-order valence-electron chi connectivity index (χ3n) is 2.73. The Labute approximate surface area is 113 Å². The van der Waals surface area contributed by atoms with Crippen molar-refractivity contribution in [2.45, 2.75) is 19.6 Å². The minimum atomic E-state index is -4.41. The Balaban J connectivity index is 2.14. The topological polar surface area (TPSA) is 46.9 Å². The maximum atomic E-state index is 12.4. The van der Waals surface area contributed by atoms with Crippen molar-refractivity contribution >= 4 is 11.7 Å². The minimum absolute atomic E-state index is 0.154. The first kappa shape index (κ1) is 14.1. The van der Waals surface area contributed by atoms with Gasteiger partial charge in [-0.05, 0) is 31.2 Å². The van der Waals surface area contributed by atoms with Crippen molar-refractivity contribution in [2.24, 2.45) is 0 Å². The number of nitrogens with one attached hydrogen (secondary N) is 1. The second-order valence-electron chi connectivity index (χ2n) is 4.06.